The van der Waals surface area contributed by atoms with Crippen molar-refractivity contribution in [1.82, 2.24) is 0 Å². The van der Waals surface area contributed by atoms with Crippen molar-refractivity contribution in [3.8, 4) is 0 Å². The number of aliphatic imine (C=N–C) groups is 1. The predicted octanol–water partition coefficient (Wildman–Crippen LogP) is 1.98. The number of hydrogen-bond acceptors (Lipinski definition) is 2. The molecule has 0 aliphatic carbocycles. The Hall–Kier alpha value is -2.01. The van der Waals surface area contributed by atoms with Crippen LogP contribution in [0, 0.1) is 0 Å². The van der Waals surface area contributed by atoms with Crippen LogP contribution in [0.1, 0.15) is 5.56 Å². The van der Waals surface area contributed by atoms with Gasteiger partial charge in [0.2, 0.25) is 6.54 Å². The lowest BCUT2D eigenvalue weighted by Gasteiger charge is -2.06. The molecule has 1 aliphatic rings. The Morgan fingerprint density at radius 3 is 2.79 bits per heavy atom. The molecule has 1 aliphatic heterocycles. The first kappa shape index (κ1) is 12.0. The number of amides is 1. The Kier molecular flexibility index (Phi) is 3.13. The van der Waals surface area contributed by atoms with Crippen LogP contribution >= 0.6 is 15.9 Å². The molecule has 94 valence electrons. The molecule has 2 aromatic rings. The molecule has 1 aromatic heterocycles. The number of halogens is 1. The van der Waals surface area contributed by atoms with Gasteiger partial charge < -0.3 is 5.32 Å². The van der Waals surface area contributed by atoms with E-state index in [1.54, 1.807) is 0 Å². The van der Waals surface area contributed by atoms with E-state index in [1.807, 2.05) is 53.4 Å². The average molecular weight is 317 g/mol. The average Bonchev–Trinajstić information content (AvgIpc) is 2.58. The predicted molar refractivity (Wildman–Crippen MR) is 76.2 cm³/mol. The number of anilines is 1. The summed E-state index contributed by atoms with van der Waals surface area (Å²) in [5, 5.41) is 2.86. The highest BCUT2D eigenvalue weighted by Crippen LogP contribution is 2.22. The molecule has 3 rings (SSSR count). The molecule has 0 unspecified atom stereocenters. The molecular formula is C14H11BrN3O+. The first-order valence-electron chi connectivity index (χ1n) is 5.85. The minimum absolute atomic E-state index is 0.102. The van der Waals surface area contributed by atoms with Crippen LogP contribution in [0.25, 0.3) is 0 Å². The minimum Gasteiger partial charge on any atom is -0.322 e. The molecule has 1 N–H and O–H groups in total. The highest BCUT2D eigenvalue weighted by atomic mass is 79.9. The Morgan fingerprint density at radius 2 is 2.00 bits per heavy atom. The monoisotopic (exact) mass is 316 g/mol. The van der Waals surface area contributed by atoms with Crippen LogP contribution in [0.3, 0.4) is 0 Å². The van der Waals surface area contributed by atoms with Crippen molar-refractivity contribution in [2.24, 2.45) is 4.99 Å². The van der Waals surface area contributed by atoms with Crippen molar-refractivity contribution < 1.29 is 9.36 Å². The third-order valence-corrected chi connectivity index (χ3v) is 3.32. The van der Waals surface area contributed by atoms with E-state index in [0.29, 0.717) is 0 Å². The van der Waals surface area contributed by atoms with Gasteiger partial charge in [-0.2, -0.15) is 0 Å². The Labute approximate surface area is 118 Å². The van der Waals surface area contributed by atoms with E-state index in [9.17, 15) is 4.79 Å². The van der Waals surface area contributed by atoms with Crippen LogP contribution in [0.2, 0.25) is 0 Å². The van der Waals surface area contributed by atoms with Crippen LogP contribution in [0.15, 0.2) is 58.3 Å². The summed E-state index contributed by atoms with van der Waals surface area (Å²) in [5.74, 6) is 0.658. The molecule has 1 amide bonds. The molecule has 1 aromatic carbocycles. The van der Waals surface area contributed by atoms with Crippen molar-refractivity contribution in [2.45, 2.75) is 0 Å². The number of nitrogens with one attached hydrogen (secondary N) is 1. The first-order chi connectivity index (χ1) is 9.24. The van der Waals surface area contributed by atoms with Crippen molar-refractivity contribution in [2.75, 3.05) is 11.9 Å². The molecule has 0 saturated heterocycles. The molecule has 0 radical (unpaired) electrons. The summed E-state index contributed by atoms with van der Waals surface area (Å²) < 4.78 is 2.86. The number of carbonyl (C=O) groups excluding carboxylic acids is 1. The fraction of sp³-hybridized carbons (Fsp3) is 0.0714. The first-order valence-corrected chi connectivity index (χ1v) is 6.64. The molecule has 0 spiro atoms. The van der Waals surface area contributed by atoms with E-state index in [1.165, 1.54) is 0 Å². The van der Waals surface area contributed by atoms with Gasteiger partial charge >= 0.3 is 5.84 Å². The number of rotatable bonds is 0. The van der Waals surface area contributed by atoms with Crippen molar-refractivity contribution in [1.29, 1.82) is 0 Å². The summed E-state index contributed by atoms with van der Waals surface area (Å²) in [7, 11) is 0. The van der Waals surface area contributed by atoms with E-state index in [2.05, 4.69) is 26.2 Å². The molecule has 0 fully saturated rings. The smallest absolute Gasteiger partial charge is 0.322 e. The fourth-order valence-corrected chi connectivity index (χ4v) is 2.35. The van der Waals surface area contributed by atoms with Crippen molar-refractivity contribution in [3.63, 3.8) is 0 Å². The fourth-order valence-electron chi connectivity index (χ4n) is 1.99. The summed E-state index contributed by atoms with van der Waals surface area (Å²) in [6.45, 7) is 0.128. The molecule has 0 atom stereocenters. The largest absolute Gasteiger partial charge is 0.331 e. The number of nitrogens with zero attached hydrogens (tertiary/aromatic N) is 2. The number of hydrogen-bond donors (Lipinski definition) is 1. The number of pyridine rings is 1. The third-order valence-electron chi connectivity index (χ3n) is 2.83. The second kappa shape index (κ2) is 4.93. The summed E-state index contributed by atoms with van der Waals surface area (Å²) in [5.41, 5.74) is 1.68. The zero-order chi connectivity index (χ0) is 13.2. The van der Waals surface area contributed by atoms with Gasteiger partial charge in [0.1, 0.15) is 0 Å². The molecule has 0 saturated carbocycles. The maximum absolute atomic E-state index is 11.7. The summed E-state index contributed by atoms with van der Waals surface area (Å²) in [6.07, 6.45) is 3.83. The summed E-state index contributed by atoms with van der Waals surface area (Å²) >= 11 is 3.45. The molecule has 19 heavy (non-hydrogen) atoms. The van der Waals surface area contributed by atoms with Gasteiger partial charge in [0.15, 0.2) is 0 Å². The highest BCUT2D eigenvalue weighted by Gasteiger charge is 2.24. The maximum atomic E-state index is 11.7. The topological polar surface area (TPSA) is 45.3 Å². The van der Waals surface area contributed by atoms with Crippen molar-refractivity contribution in [3.05, 3.63) is 58.8 Å². The van der Waals surface area contributed by atoms with E-state index in [-0.39, 0.29) is 12.5 Å². The second-order valence-corrected chi connectivity index (χ2v) is 5.08. The van der Waals surface area contributed by atoms with Gasteiger partial charge in [-0.3, -0.25) is 4.79 Å². The molecule has 2 heterocycles. The Balaban J connectivity index is 2.20. The summed E-state index contributed by atoms with van der Waals surface area (Å²) in [4.78, 5) is 16.1. The number of benzodiazepines with no additional fused rings is 1. The van der Waals surface area contributed by atoms with Gasteiger partial charge in [0.25, 0.3) is 5.91 Å². The molecule has 0 bridgehead atoms. The quantitative estimate of drug-likeness (QED) is 0.742. The van der Waals surface area contributed by atoms with E-state index in [4.69, 9.17) is 0 Å². The van der Waals surface area contributed by atoms with Gasteiger partial charge in [0.05, 0.1) is 23.6 Å². The lowest BCUT2D eigenvalue weighted by atomic mass is 10.1. The number of aromatic nitrogens is 1. The minimum atomic E-state index is -0.102. The number of benzene rings is 1. The van der Waals surface area contributed by atoms with Gasteiger partial charge in [-0.05, 0) is 30.3 Å². The Morgan fingerprint density at radius 1 is 1.21 bits per heavy atom. The zero-order valence-electron chi connectivity index (χ0n) is 10.0. The van der Waals surface area contributed by atoms with Gasteiger partial charge in [-0.25, -0.2) is 4.57 Å². The highest BCUT2D eigenvalue weighted by molar-refractivity contribution is 9.10. The van der Waals surface area contributed by atoms with Gasteiger partial charge in [0, 0.05) is 4.47 Å². The second-order valence-electron chi connectivity index (χ2n) is 4.16. The molecule has 5 heteroatoms. The van der Waals surface area contributed by atoms with Gasteiger partial charge in [-0.15, -0.1) is 0 Å². The van der Waals surface area contributed by atoms with Crippen LogP contribution in [-0.2, 0) is 4.79 Å². The van der Waals surface area contributed by atoms with Crippen molar-refractivity contribution >= 4 is 33.4 Å². The maximum Gasteiger partial charge on any atom is 0.331 e. The summed E-state index contributed by atoms with van der Waals surface area (Å²) in [6, 6.07) is 11.5. The zero-order valence-corrected chi connectivity index (χ0v) is 11.6. The SMILES string of the molecule is O=C1CN=C([n+]2ccccc2)c2cc(Br)ccc2N1. The van der Waals surface area contributed by atoms with E-state index < -0.39 is 0 Å². The van der Waals surface area contributed by atoms with Crippen LogP contribution < -0.4 is 9.88 Å². The van der Waals surface area contributed by atoms with Gasteiger partial charge in [-0.1, -0.05) is 27.0 Å². The number of carbonyl (C=O) groups is 1. The van der Waals surface area contributed by atoms with Crippen LogP contribution in [0.4, 0.5) is 5.69 Å². The normalized spacial score (nSPS) is 14.2. The van der Waals surface area contributed by atoms with Crippen LogP contribution in [-0.4, -0.2) is 18.3 Å². The lowest BCUT2D eigenvalue weighted by Crippen LogP contribution is -2.42. The molecular weight excluding hydrogens is 306 g/mol. The standard InChI is InChI=1S/C14H10BrN3O/c15-10-4-5-12-11(8-10)14(16-9-13(19)17-12)18-6-2-1-3-7-18/h1-8H,9H2/p+1. The van der Waals surface area contributed by atoms with E-state index in [0.717, 1.165) is 21.6 Å². The molecule has 4 nitrogen and oxygen atoms in total. The van der Waals surface area contributed by atoms with Crippen LogP contribution in [0.5, 0.6) is 0 Å². The third kappa shape index (κ3) is 2.42. The van der Waals surface area contributed by atoms with E-state index >= 15 is 0 Å². The number of fused-ring (bicyclic) bond motifs is 1. The Bertz CT molecular complexity index is 668. The lowest BCUT2D eigenvalue weighted by molar-refractivity contribution is -0.554.